The van der Waals surface area contributed by atoms with E-state index in [9.17, 15) is 9.59 Å². The van der Waals surface area contributed by atoms with Gasteiger partial charge in [-0.3, -0.25) is 9.59 Å². The molecule has 1 atom stereocenters. The average molecular weight is 512 g/mol. The Morgan fingerprint density at radius 3 is 2.47 bits per heavy atom. The standard InChI is InChI=1S/C29H34ClNO5/c1-5-7-9-13-31-26(19-11-12-22(24(16-19)34-4)35-14-10-8-6-2)25-27(32)20-17-21(30)18(3)15-23(20)36-28(25)29(31)33/h11-12,15-17,26H,5-10,13-14H2,1-4H3. The van der Waals surface area contributed by atoms with E-state index >= 15 is 0 Å². The van der Waals surface area contributed by atoms with E-state index < -0.39 is 6.04 Å². The van der Waals surface area contributed by atoms with Gasteiger partial charge in [0.2, 0.25) is 5.76 Å². The lowest BCUT2D eigenvalue weighted by atomic mass is 9.97. The molecular formula is C29H34ClNO5. The zero-order valence-corrected chi connectivity index (χ0v) is 22.2. The molecule has 0 saturated carbocycles. The lowest BCUT2D eigenvalue weighted by molar-refractivity contribution is 0.0724. The van der Waals surface area contributed by atoms with Crippen molar-refractivity contribution in [2.75, 3.05) is 20.3 Å². The van der Waals surface area contributed by atoms with Gasteiger partial charge in [-0.05, 0) is 55.2 Å². The summed E-state index contributed by atoms with van der Waals surface area (Å²) in [5.41, 5.74) is 2.05. The van der Waals surface area contributed by atoms with Crippen LogP contribution in [-0.2, 0) is 0 Å². The highest BCUT2D eigenvalue weighted by atomic mass is 35.5. The third kappa shape index (κ3) is 4.96. The highest BCUT2D eigenvalue weighted by Crippen LogP contribution is 2.41. The molecule has 0 N–H and O–H groups in total. The second-order valence-corrected chi connectivity index (χ2v) is 9.75. The van der Waals surface area contributed by atoms with Crippen molar-refractivity contribution in [1.82, 2.24) is 4.90 Å². The molecule has 0 aliphatic carbocycles. The highest BCUT2D eigenvalue weighted by Gasteiger charge is 2.42. The van der Waals surface area contributed by atoms with Gasteiger partial charge in [-0.1, -0.05) is 57.2 Å². The van der Waals surface area contributed by atoms with E-state index in [1.165, 1.54) is 0 Å². The topological polar surface area (TPSA) is 69.0 Å². The summed E-state index contributed by atoms with van der Waals surface area (Å²) >= 11 is 6.34. The zero-order chi connectivity index (χ0) is 25.8. The van der Waals surface area contributed by atoms with Gasteiger partial charge in [0.25, 0.3) is 5.91 Å². The summed E-state index contributed by atoms with van der Waals surface area (Å²) in [5, 5.41) is 0.863. The van der Waals surface area contributed by atoms with Gasteiger partial charge in [-0.2, -0.15) is 0 Å². The molecule has 2 aromatic carbocycles. The third-order valence-corrected chi connectivity index (χ3v) is 7.17. The number of unbranched alkanes of at least 4 members (excludes halogenated alkanes) is 4. The van der Waals surface area contributed by atoms with Gasteiger partial charge < -0.3 is 18.8 Å². The summed E-state index contributed by atoms with van der Waals surface area (Å²) in [6.45, 7) is 7.24. The first kappa shape index (κ1) is 26.1. The van der Waals surface area contributed by atoms with E-state index in [-0.39, 0.29) is 17.1 Å². The van der Waals surface area contributed by atoms with Gasteiger partial charge >= 0.3 is 0 Å². The van der Waals surface area contributed by atoms with Crippen LogP contribution < -0.4 is 14.9 Å². The van der Waals surface area contributed by atoms with Crippen molar-refractivity contribution in [2.24, 2.45) is 0 Å². The number of rotatable bonds is 11. The minimum Gasteiger partial charge on any atom is -0.493 e. The zero-order valence-electron chi connectivity index (χ0n) is 21.5. The van der Waals surface area contributed by atoms with Crippen molar-refractivity contribution in [3.8, 4) is 11.5 Å². The van der Waals surface area contributed by atoms with Crippen molar-refractivity contribution < 1.29 is 18.7 Å². The maximum Gasteiger partial charge on any atom is 0.290 e. The average Bonchev–Trinajstić information content (AvgIpc) is 3.15. The van der Waals surface area contributed by atoms with Crippen LogP contribution in [-0.4, -0.2) is 31.1 Å². The van der Waals surface area contributed by atoms with Crippen LogP contribution in [0.1, 0.15) is 85.7 Å². The fraction of sp³-hybridized carbons (Fsp3) is 0.448. The second kappa shape index (κ2) is 11.4. The number of carbonyl (C=O) groups excluding carboxylic acids is 1. The van der Waals surface area contributed by atoms with Crippen molar-refractivity contribution >= 4 is 28.5 Å². The van der Waals surface area contributed by atoms with Crippen LogP contribution in [0.2, 0.25) is 5.02 Å². The molecule has 4 rings (SSSR count). The number of hydrogen-bond acceptors (Lipinski definition) is 5. The first-order valence-corrected chi connectivity index (χ1v) is 13.2. The van der Waals surface area contributed by atoms with E-state index in [2.05, 4.69) is 13.8 Å². The van der Waals surface area contributed by atoms with Gasteiger partial charge in [0.1, 0.15) is 5.58 Å². The number of carbonyl (C=O) groups is 1. The summed E-state index contributed by atoms with van der Waals surface area (Å²) in [4.78, 5) is 29.1. The van der Waals surface area contributed by atoms with E-state index in [0.717, 1.165) is 49.7 Å². The van der Waals surface area contributed by atoms with Crippen molar-refractivity contribution in [3.63, 3.8) is 0 Å². The Bertz CT molecular complexity index is 1320. The third-order valence-electron chi connectivity index (χ3n) is 6.76. The second-order valence-electron chi connectivity index (χ2n) is 9.35. The maximum atomic E-state index is 13.8. The lowest BCUT2D eigenvalue weighted by Crippen LogP contribution is -2.30. The molecule has 1 aliphatic rings. The molecule has 36 heavy (non-hydrogen) atoms. The number of benzene rings is 2. The Hall–Kier alpha value is -2.99. The maximum absolute atomic E-state index is 13.8. The van der Waals surface area contributed by atoms with Crippen LogP contribution in [0.25, 0.3) is 11.0 Å². The predicted molar refractivity (Wildman–Crippen MR) is 143 cm³/mol. The first-order valence-electron chi connectivity index (χ1n) is 12.8. The van der Waals surface area contributed by atoms with Gasteiger partial charge in [-0.25, -0.2) is 0 Å². The van der Waals surface area contributed by atoms with E-state index in [0.29, 0.717) is 46.2 Å². The Morgan fingerprint density at radius 2 is 1.75 bits per heavy atom. The number of methoxy groups -OCH3 is 1. The molecule has 2 heterocycles. The molecule has 6 nitrogen and oxygen atoms in total. The summed E-state index contributed by atoms with van der Waals surface area (Å²) in [5.74, 6) is 1.06. The monoisotopic (exact) mass is 511 g/mol. The van der Waals surface area contributed by atoms with Crippen LogP contribution in [0, 0.1) is 6.92 Å². The van der Waals surface area contributed by atoms with Gasteiger partial charge in [-0.15, -0.1) is 0 Å². The molecular weight excluding hydrogens is 478 g/mol. The Kier molecular flexibility index (Phi) is 8.24. The minimum absolute atomic E-state index is 0.106. The molecule has 1 aromatic heterocycles. The van der Waals surface area contributed by atoms with E-state index in [4.69, 9.17) is 25.5 Å². The predicted octanol–water partition coefficient (Wildman–Crippen LogP) is 7.07. The Balaban J connectivity index is 1.81. The number of nitrogens with zero attached hydrogens (tertiary/aromatic N) is 1. The van der Waals surface area contributed by atoms with Crippen molar-refractivity contribution in [3.05, 3.63) is 68.0 Å². The molecule has 1 aliphatic heterocycles. The number of amides is 1. The molecule has 0 bridgehead atoms. The largest absolute Gasteiger partial charge is 0.493 e. The van der Waals surface area contributed by atoms with E-state index in [1.54, 1.807) is 24.1 Å². The number of hydrogen-bond donors (Lipinski definition) is 0. The molecule has 192 valence electrons. The number of ether oxygens (including phenoxy) is 2. The van der Waals surface area contributed by atoms with Gasteiger partial charge in [0, 0.05) is 11.6 Å². The quantitative estimate of drug-likeness (QED) is 0.257. The summed E-state index contributed by atoms with van der Waals surface area (Å²) < 4.78 is 17.7. The molecule has 3 aromatic rings. The molecule has 0 fully saturated rings. The van der Waals surface area contributed by atoms with Crippen molar-refractivity contribution in [2.45, 2.75) is 65.3 Å². The normalized spacial score (nSPS) is 15.0. The molecule has 7 heteroatoms. The molecule has 0 spiro atoms. The van der Waals surface area contributed by atoms with Crippen LogP contribution in [0.15, 0.2) is 39.5 Å². The van der Waals surface area contributed by atoms with Gasteiger partial charge in [0.15, 0.2) is 16.9 Å². The Labute approximate surface area is 217 Å². The molecule has 0 saturated heterocycles. The van der Waals surface area contributed by atoms with Gasteiger partial charge in [0.05, 0.1) is 30.7 Å². The first-order chi connectivity index (χ1) is 17.4. The van der Waals surface area contributed by atoms with E-state index in [1.807, 2.05) is 25.1 Å². The SMILES string of the molecule is CCCCCOc1ccc(C2c3c(oc4cc(C)c(Cl)cc4c3=O)C(=O)N2CCCCC)cc1OC. The molecule has 1 amide bonds. The molecule has 1 unspecified atom stereocenters. The summed E-state index contributed by atoms with van der Waals surface area (Å²) in [7, 11) is 1.59. The fourth-order valence-corrected chi connectivity index (χ4v) is 4.92. The molecule has 0 radical (unpaired) electrons. The van der Waals surface area contributed by atoms with Crippen molar-refractivity contribution in [1.29, 1.82) is 0 Å². The number of aryl methyl sites for hydroxylation is 1. The number of halogens is 1. The minimum atomic E-state index is -0.576. The van der Waals surface area contributed by atoms with Crippen LogP contribution in [0.3, 0.4) is 0 Å². The van der Waals surface area contributed by atoms with Crippen LogP contribution >= 0.6 is 11.6 Å². The van der Waals surface area contributed by atoms with Crippen LogP contribution in [0.5, 0.6) is 11.5 Å². The summed E-state index contributed by atoms with van der Waals surface area (Å²) in [6.07, 6.45) is 6.02. The fourth-order valence-electron chi connectivity index (χ4n) is 4.76. The number of fused-ring (bicyclic) bond motifs is 2. The lowest BCUT2D eigenvalue weighted by Gasteiger charge is -2.26. The Morgan fingerprint density at radius 1 is 1.00 bits per heavy atom. The summed E-state index contributed by atoms with van der Waals surface area (Å²) in [6, 6.07) is 8.40. The van der Waals surface area contributed by atoms with Crippen LogP contribution in [0.4, 0.5) is 0 Å². The highest BCUT2D eigenvalue weighted by molar-refractivity contribution is 6.32. The smallest absolute Gasteiger partial charge is 0.290 e.